The molecule has 0 unspecified atom stereocenters. The molecule has 0 saturated carbocycles. The van der Waals surface area contributed by atoms with Gasteiger partial charge in [-0.25, -0.2) is 9.37 Å². The van der Waals surface area contributed by atoms with E-state index in [9.17, 15) is 9.18 Å². The molecule has 0 aliphatic carbocycles. The quantitative estimate of drug-likeness (QED) is 0.884. The minimum absolute atomic E-state index is 0.0900. The van der Waals surface area contributed by atoms with Gasteiger partial charge < -0.3 is 5.32 Å². The van der Waals surface area contributed by atoms with Crippen molar-refractivity contribution in [2.45, 2.75) is 6.42 Å². The average Bonchev–Trinajstić information content (AvgIpc) is 2.82. The van der Waals surface area contributed by atoms with Crippen LogP contribution < -0.4 is 5.32 Å². The molecule has 7 heteroatoms. The van der Waals surface area contributed by atoms with Crippen molar-refractivity contribution in [2.75, 3.05) is 6.54 Å². The van der Waals surface area contributed by atoms with Crippen molar-refractivity contribution in [1.82, 2.24) is 20.5 Å². The van der Waals surface area contributed by atoms with Gasteiger partial charge in [0.15, 0.2) is 0 Å². The number of benzene rings is 1. The van der Waals surface area contributed by atoms with Crippen LogP contribution in [0, 0.1) is 5.82 Å². The third-order valence-electron chi connectivity index (χ3n) is 2.30. The second kappa shape index (κ2) is 5.59. The maximum absolute atomic E-state index is 13.4. The summed E-state index contributed by atoms with van der Waals surface area (Å²) in [7, 11) is 0. The van der Waals surface area contributed by atoms with Crippen LogP contribution in [0.2, 0.25) is 5.02 Å². The largest absolute Gasteiger partial charge is 0.351 e. The van der Waals surface area contributed by atoms with Crippen LogP contribution in [0.25, 0.3) is 0 Å². The molecular formula is C11H10ClFN4O. The molecule has 2 rings (SSSR count). The lowest BCUT2D eigenvalue weighted by Crippen LogP contribution is -2.27. The fourth-order valence-corrected chi connectivity index (χ4v) is 1.70. The van der Waals surface area contributed by atoms with E-state index in [4.69, 9.17) is 11.6 Å². The number of amides is 1. The fourth-order valence-electron chi connectivity index (χ4n) is 1.45. The summed E-state index contributed by atoms with van der Waals surface area (Å²) in [5.41, 5.74) is -0.142. The third-order valence-corrected chi connectivity index (χ3v) is 2.62. The molecule has 18 heavy (non-hydrogen) atoms. The molecule has 5 nitrogen and oxygen atoms in total. The zero-order valence-electron chi connectivity index (χ0n) is 9.28. The summed E-state index contributed by atoms with van der Waals surface area (Å²) in [5.74, 6) is -0.535. The number of hydrogen-bond acceptors (Lipinski definition) is 3. The van der Waals surface area contributed by atoms with Crippen molar-refractivity contribution in [1.29, 1.82) is 0 Å². The number of carbonyl (C=O) groups is 1. The normalized spacial score (nSPS) is 10.3. The van der Waals surface area contributed by atoms with Gasteiger partial charge in [-0.3, -0.25) is 9.89 Å². The molecule has 0 bridgehead atoms. The number of rotatable bonds is 4. The van der Waals surface area contributed by atoms with Gasteiger partial charge in [-0.1, -0.05) is 17.7 Å². The van der Waals surface area contributed by atoms with E-state index in [2.05, 4.69) is 20.5 Å². The molecular weight excluding hydrogens is 259 g/mol. The van der Waals surface area contributed by atoms with Crippen molar-refractivity contribution in [3.63, 3.8) is 0 Å². The number of halogens is 2. The Labute approximate surface area is 107 Å². The van der Waals surface area contributed by atoms with E-state index in [1.54, 1.807) is 0 Å². The van der Waals surface area contributed by atoms with Crippen LogP contribution in [0.15, 0.2) is 24.5 Å². The van der Waals surface area contributed by atoms with Gasteiger partial charge in [-0.2, -0.15) is 5.10 Å². The highest BCUT2D eigenvalue weighted by atomic mass is 35.5. The Morgan fingerprint density at radius 3 is 3.00 bits per heavy atom. The molecule has 0 aliphatic heterocycles. The van der Waals surface area contributed by atoms with E-state index in [1.807, 2.05) is 0 Å². The Hall–Kier alpha value is -1.95. The van der Waals surface area contributed by atoms with Gasteiger partial charge in [0.05, 0.1) is 10.6 Å². The highest BCUT2D eigenvalue weighted by Crippen LogP contribution is 2.18. The van der Waals surface area contributed by atoms with Crippen LogP contribution in [0.1, 0.15) is 16.2 Å². The van der Waals surface area contributed by atoms with E-state index in [-0.39, 0.29) is 10.6 Å². The summed E-state index contributed by atoms with van der Waals surface area (Å²) in [6, 6.07) is 4.11. The number of nitrogens with one attached hydrogen (secondary N) is 2. The summed E-state index contributed by atoms with van der Waals surface area (Å²) in [5, 5.41) is 8.99. The maximum Gasteiger partial charge on any atom is 0.255 e. The zero-order chi connectivity index (χ0) is 13.0. The van der Waals surface area contributed by atoms with Crippen molar-refractivity contribution >= 4 is 17.5 Å². The van der Waals surface area contributed by atoms with Crippen LogP contribution >= 0.6 is 11.6 Å². The Bertz CT molecular complexity index is 524. The molecule has 1 aromatic heterocycles. The number of hydrogen-bond donors (Lipinski definition) is 2. The Kier molecular flexibility index (Phi) is 3.88. The minimum Gasteiger partial charge on any atom is -0.351 e. The van der Waals surface area contributed by atoms with E-state index < -0.39 is 11.7 Å². The Balaban J connectivity index is 1.96. The smallest absolute Gasteiger partial charge is 0.255 e. The molecule has 2 N–H and O–H groups in total. The molecule has 0 atom stereocenters. The lowest BCUT2D eigenvalue weighted by molar-refractivity contribution is 0.0950. The van der Waals surface area contributed by atoms with Crippen molar-refractivity contribution in [3.05, 3.63) is 46.8 Å². The first-order valence-electron chi connectivity index (χ1n) is 5.25. The number of aromatic nitrogens is 3. The second-order valence-corrected chi connectivity index (χ2v) is 3.94. The number of aromatic amines is 1. The van der Waals surface area contributed by atoms with E-state index in [1.165, 1.54) is 24.5 Å². The van der Waals surface area contributed by atoms with Gasteiger partial charge in [-0.15, -0.1) is 0 Å². The lowest BCUT2D eigenvalue weighted by Gasteiger charge is -2.06. The van der Waals surface area contributed by atoms with Gasteiger partial charge in [0.1, 0.15) is 18.0 Å². The van der Waals surface area contributed by atoms with E-state index >= 15 is 0 Å². The minimum atomic E-state index is -0.639. The Morgan fingerprint density at radius 1 is 1.50 bits per heavy atom. The average molecular weight is 269 g/mol. The first-order chi connectivity index (χ1) is 8.68. The highest BCUT2D eigenvalue weighted by Gasteiger charge is 2.14. The first-order valence-corrected chi connectivity index (χ1v) is 5.62. The summed E-state index contributed by atoms with van der Waals surface area (Å²) in [6.07, 6.45) is 1.86. The van der Waals surface area contributed by atoms with E-state index in [0.717, 1.165) is 0 Å². The first kappa shape index (κ1) is 12.5. The van der Waals surface area contributed by atoms with Crippen LogP contribution in [0.5, 0.6) is 0 Å². The molecule has 1 heterocycles. The standard InChI is InChI=1S/C11H10ClFN4O/c12-7-2-1-3-8(13)10(7)11(18)14-5-4-9-15-6-16-17-9/h1-3,6H,4-5H2,(H,14,18)(H,15,16,17). The summed E-state index contributed by atoms with van der Waals surface area (Å²) in [4.78, 5) is 15.6. The lowest BCUT2D eigenvalue weighted by atomic mass is 10.2. The molecule has 0 saturated heterocycles. The van der Waals surface area contributed by atoms with Gasteiger partial charge >= 0.3 is 0 Å². The SMILES string of the molecule is O=C(NCCc1ncn[nH]1)c1c(F)cccc1Cl. The van der Waals surface area contributed by atoms with E-state index in [0.29, 0.717) is 18.8 Å². The van der Waals surface area contributed by atoms with Crippen molar-refractivity contribution in [3.8, 4) is 0 Å². The van der Waals surface area contributed by atoms with Gasteiger partial charge in [0, 0.05) is 13.0 Å². The van der Waals surface area contributed by atoms with Gasteiger partial charge in [-0.05, 0) is 12.1 Å². The monoisotopic (exact) mass is 268 g/mol. The van der Waals surface area contributed by atoms with Crippen LogP contribution in [-0.2, 0) is 6.42 Å². The second-order valence-electron chi connectivity index (χ2n) is 3.53. The molecule has 0 spiro atoms. The van der Waals surface area contributed by atoms with Crippen LogP contribution in [-0.4, -0.2) is 27.6 Å². The summed E-state index contributed by atoms with van der Waals surface area (Å²) < 4.78 is 13.4. The molecule has 1 aromatic carbocycles. The summed E-state index contributed by atoms with van der Waals surface area (Å²) in [6.45, 7) is 0.318. The Morgan fingerprint density at radius 2 is 2.33 bits per heavy atom. The van der Waals surface area contributed by atoms with Gasteiger partial charge in [0.2, 0.25) is 0 Å². The molecule has 94 valence electrons. The number of carbonyl (C=O) groups excluding carboxylic acids is 1. The van der Waals surface area contributed by atoms with Crippen LogP contribution in [0.4, 0.5) is 4.39 Å². The number of nitrogens with zero attached hydrogens (tertiary/aromatic N) is 2. The predicted octanol–water partition coefficient (Wildman–Crippen LogP) is 1.57. The number of H-pyrrole nitrogens is 1. The van der Waals surface area contributed by atoms with Crippen molar-refractivity contribution < 1.29 is 9.18 Å². The highest BCUT2D eigenvalue weighted by molar-refractivity contribution is 6.33. The fraction of sp³-hybridized carbons (Fsp3) is 0.182. The molecule has 0 fully saturated rings. The van der Waals surface area contributed by atoms with Gasteiger partial charge in [0.25, 0.3) is 5.91 Å². The third kappa shape index (κ3) is 2.84. The molecule has 0 radical (unpaired) electrons. The van der Waals surface area contributed by atoms with Crippen molar-refractivity contribution in [2.24, 2.45) is 0 Å². The maximum atomic E-state index is 13.4. The summed E-state index contributed by atoms with van der Waals surface area (Å²) >= 11 is 5.77. The molecule has 1 amide bonds. The predicted molar refractivity (Wildman–Crippen MR) is 63.8 cm³/mol. The zero-order valence-corrected chi connectivity index (χ0v) is 10.0. The molecule has 2 aromatic rings. The topological polar surface area (TPSA) is 70.7 Å². The van der Waals surface area contributed by atoms with Crippen LogP contribution in [0.3, 0.4) is 0 Å². The molecule has 0 aliphatic rings.